The van der Waals surface area contributed by atoms with E-state index >= 15 is 0 Å². The number of nitrogens with two attached hydrogens (primary N) is 1. The number of anilines is 2. The molecule has 3 rings (SSSR count). The van der Waals surface area contributed by atoms with Crippen molar-refractivity contribution in [1.29, 1.82) is 0 Å². The lowest BCUT2D eigenvalue weighted by atomic mass is 10.1. The molecule has 20 heavy (non-hydrogen) atoms. The third-order valence-electron chi connectivity index (χ3n) is 3.78. The summed E-state index contributed by atoms with van der Waals surface area (Å²) in [6.07, 6.45) is 1.01. The fourth-order valence-corrected chi connectivity index (χ4v) is 2.85. The van der Waals surface area contributed by atoms with E-state index in [-0.39, 0.29) is 5.84 Å². The Morgan fingerprint density at radius 1 is 1.20 bits per heavy atom. The number of benzene rings is 2. The van der Waals surface area contributed by atoms with Gasteiger partial charge in [-0.15, -0.1) is 0 Å². The first-order valence-corrected chi connectivity index (χ1v) is 6.65. The van der Waals surface area contributed by atoms with Gasteiger partial charge in [0, 0.05) is 17.8 Å². The van der Waals surface area contributed by atoms with Crippen molar-refractivity contribution in [1.82, 2.24) is 0 Å². The summed E-state index contributed by atoms with van der Waals surface area (Å²) >= 11 is 0. The number of hydrogen-bond acceptors (Lipinski definition) is 3. The smallest absolute Gasteiger partial charge is 0.172 e. The maximum atomic E-state index is 8.99. The lowest BCUT2D eigenvalue weighted by Crippen LogP contribution is -2.22. The van der Waals surface area contributed by atoms with Crippen molar-refractivity contribution < 1.29 is 5.21 Å². The monoisotopic (exact) mass is 267 g/mol. The average molecular weight is 267 g/mol. The number of hydrogen-bond donors (Lipinski definition) is 2. The Morgan fingerprint density at radius 2 is 2.00 bits per heavy atom. The third kappa shape index (κ3) is 1.90. The Morgan fingerprint density at radius 3 is 2.80 bits per heavy atom. The van der Waals surface area contributed by atoms with Crippen molar-refractivity contribution in [2.75, 3.05) is 11.4 Å². The zero-order chi connectivity index (χ0) is 14.1. The molecule has 102 valence electrons. The molecule has 0 fully saturated rings. The number of aryl methyl sites for hydroxylation is 1. The maximum Gasteiger partial charge on any atom is 0.172 e. The highest BCUT2D eigenvalue weighted by Gasteiger charge is 2.24. The van der Waals surface area contributed by atoms with E-state index in [1.54, 1.807) is 0 Å². The summed E-state index contributed by atoms with van der Waals surface area (Å²) in [5, 5.41) is 12.1. The Hall–Kier alpha value is -2.49. The SMILES string of the molecule is Cc1cccc(/C(N)=N/O)c1N1CCc2ccccc21. The number of rotatable bonds is 2. The molecule has 0 aliphatic carbocycles. The van der Waals surface area contributed by atoms with Crippen LogP contribution < -0.4 is 10.6 Å². The molecule has 1 aliphatic heterocycles. The van der Waals surface area contributed by atoms with Gasteiger partial charge in [0.05, 0.1) is 5.69 Å². The minimum atomic E-state index is 0.146. The number of oxime groups is 1. The molecule has 0 bridgehead atoms. The van der Waals surface area contributed by atoms with Crippen molar-refractivity contribution in [3.63, 3.8) is 0 Å². The van der Waals surface area contributed by atoms with Gasteiger partial charge >= 0.3 is 0 Å². The molecule has 0 saturated heterocycles. The molecule has 0 amide bonds. The molecular weight excluding hydrogens is 250 g/mol. The second-order valence-corrected chi connectivity index (χ2v) is 4.99. The van der Waals surface area contributed by atoms with Gasteiger partial charge in [0.25, 0.3) is 0 Å². The second kappa shape index (κ2) is 4.89. The number of fused-ring (bicyclic) bond motifs is 1. The van der Waals surface area contributed by atoms with Gasteiger partial charge in [-0.1, -0.05) is 35.5 Å². The van der Waals surface area contributed by atoms with Crippen LogP contribution in [0.5, 0.6) is 0 Å². The summed E-state index contributed by atoms with van der Waals surface area (Å²) in [7, 11) is 0. The minimum absolute atomic E-state index is 0.146. The summed E-state index contributed by atoms with van der Waals surface area (Å²) in [6.45, 7) is 2.96. The van der Waals surface area contributed by atoms with Crippen LogP contribution in [-0.4, -0.2) is 17.6 Å². The van der Waals surface area contributed by atoms with Crippen LogP contribution in [0.25, 0.3) is 0 Å². The van der Waals surface area contributed by atoms with Gasteiger partial charge in [-0.2, -0.15) is 0 Å². The highest BCUT2D eigenvalue weighted by atomic mass is 16.4. The summed E-state index contributed by atoms with van der Waals surface area (Å²) in [5.41, 5.74) is 11.3. The fraction of sp³-hybridized carbons (Fsp3) is 0.188. The number of nitrogens with zero attached hydrogens (tertiary/aromatic N) is 2. The molecule has 0 radical (unpaired) electrons. The highest BCUT2D eigenvalue weighted by molar-refractivity contribution is 6.03. The lowest BCUT2D eigenvalue weighted by molar-refractivity contribution is 0.318. The van der Waals surface area contributed by atoms with E-state index in [1.807, 2.05) is 31.2 Å². The second-order valence-electron chi connectivity index (χ2n) is 4.99. The van der Waals surface area contributed by atoms with Crippen LogP contribution in [-0.2, 0) is 6.42 Å². The third-order valence-corrected chi connectivity index (χ3v) is 3.78. The quantitative estimate of drug-likeness (QED) is 0.380. The molecule has 0 saturated carbocycles. The van der Waals surface area contributed by atoms with Crippen LogP contribution in [0.3, 0.4) is 0 Å². The van der Waals surface area contributed by atoms with Gasteiger partial charge in [-0.3, -0.25) is 0 Å². The van der Waals surface area contributed by atoms with Gasteiger partial charge in [0.1, 0.15) is 0 Å². The van der Waals surface area contributed by atoms with E-state index < -0.39 is 0 Å². The van der Waals surface area contributed by atoms with E-state index in [9.17, 15) is 0 Å². The first-order valence-electron chi connectivity index (χ1n) is 6.65. The fourth-order valence-electron chi connectivity index (χ4n) is 2.85. The predicted octanol–water partition coefficient (Wildman–Crippen LogP) is 2.78. The van der Waals surface area contributed by atoms with E-state index in [0.29, 0.717) is 0 Å². The van der Waals surface area contributed by atoms with Crippen molar-refractivity contribution in [3.05, 3.63) is 59.2 Å². The highest BCUT2D eigenvalue weighted by Crippen LogP contribution is 2.37. The lowest BCUT2D eigenvalue weighted by Gasteiger charge is -2.24. The predicted molar refractivity (Wildman–Crippen MR) is 80.8 cm³/mol. The van der Waals surface area contributed by atoms with Crippen molar-refractivity contribution in [2.24, 2.45) is 10.9 Å². The Labute approximate surface area is 118 Å². The van der Waals surface area contributed by atoms with Gasteiger partial charge in [0.15, 0.2) is 5.84 Å². The van der Waals surface area contributed by atoms with Crippen molar-refractivity contribution in [3.8, 4) is 0 Å². The molecule has 2 aromatic carbocycles. The minimum Gasteiger partial charge on any atom is -0.409 e. The largest absolute Gasteiger partial charge is 0.409 e. The molecule has 0 atom stereocenters. The zero-order valence-corrected chi connectivity index (χ0v) is 11.4. The molecule has 3 N–H and O–H groups in total. The molecule has 1 aliphatic rings. The Balaban J connectivity index is 2.17. The average Bonchev–Trinajstić information content (AvgIpc) is 2.90. The summed E-state index contributed by atoms with van der Waals surface area (Å²) in [4.78, 5) is 2.25. The van der Waals surface area contributed by atoms with Crippen LogP contribution in [0.1, 0.15) is 16.7 Å². The van der Waals surface area contributed by atoms with Crippen LogP contribution >= 0.6 is 0 Å². The summed E-state index contributed by atoms with van der Waals surface area (Å²) in [6, 6.07) is 14.2. The maximum absolute atomic E-state index is 8.99. The van der Waals surface area contributed by atoms with E-state index in [4.69, 9.17) is 10.9 Å². The standard InChI is InChI=1S/C16H17N3O/c1-11-5-4-7-13(16(17)18-20)15(11)19-10-9-12-6-2-3-8-14(12)19/h2-8,20H,9-10H2,1H3,(H2,17,18). The first-order chi connectivity index (χ1) is 9.72. The van der Waals surface area contributed by atoms with E-state index in [0.717, 1.165) is 29.8 Å². The van der Waals surface area contributed by atoms with Gasteiger partial charge < -0.3 is 15.8 Å². The van der Waals surface area contributed by atoms with E-state index in [2.05, 4.69) is 28.3 Å². The molecule has 4 heteroatoms. The molecule has 4 nitrogen and oxygen atoms in total. The van der Waals surface area contributed by atoms with Crippen LogP contribution in [0.4, 0.5) is 11.4 Å². The number of para-hydroxylation sites is 2. The van der Waals surface area contributed by atoms with Crippen molar-refractivity contribution >= 4 is 17.2 Å². The Kier molecular flexibility index (Phi) is 3.06. The molecule has 0 spiro atoms. The summed E-state index contributed by atoms with van der Waals surface area (Å²) < 4.78 is 0. The number of amidine groups is 1. The van der Waals surface area contributed by atoms with Crippen molar-refractivity contribution in [2.45, 2.75) is 13.3 Å². The van der Waals surface area contributed by atoms with Crippen LogP contribution in [0.15, 0.2) is 47.6 Å². The van der Waals surface area contributed by atoms with Gasteiger partial charge in [-0.25, -0.2) is 0 Å². The molecule has 0 aromatic heterocycles. The topological polar surface area (TPSA) is 61.9 Å². The normalized spacial score (nSPS) is 14.4. The van der Waals surface area contributed by atoms with Gasteiger partial charge in [0.2, 0.25) is 0 Å². The molecular formula is C16H17N3O. The van der Waals surface area contributed by atoms with Gasteiger partial charge in [-0.05, 0) is 36.6 Å². The van der Waals surface area contributed by atoms with E-state index in [1.165, 1.54) is 11.3 Å². The zero-order valence-electron chi connectivity index (χ0n) is 11.4. The molecule has 0 unspecified atom stereocenters. The first kappa shape index (κ1) is 12.5. The van der Waals surface area contributed by atoms with Crippen LogP contribution in [0.2, 0.25) is 0 Å². The molecule has 2 aromatic rings. The Bertz CT molecular complexity index is 679. The van der Waals surface area contributed by atoms with Crippen LogP contribution in [0, 0.1) is 6.92 Å². The molecule has 1 heterocycles. The summed E-state index contributed by atoms with van der Waals surface area (Å²) in [5.74, 6) is 0.146.